The van der Waals surface area contributed by atoms with Gasteiger partial charge in [-0.1, -0.05) is 19.8 Å². The van der Waals surface area contributed by atoms with Crippen LogP contribution in [-0.4, -0.2) is 33.2 Å². The van der Waals surface area contributed by atoms with E-state index in [-0.39, 0.29) is 18.5 Å². The molecule has 1 aliphatic carbocycles. The van der Waals surface area contributed by atoms with Crippen LogP contribution < -0.4 is 9.62 Å². The van der Waals surface area contributed by atoms with Crippen LogP contribution in [0.2, 0.25) is 0 Å². The Bertz CT molecular complexity index is 722. The minimum absolute atomic E-state index is 0.105. The first kappa shape index (κ1) is 18.3. The zero-order valence-electron chi connectivity index (χ0n) is 14.0. The zero-order valence-corrected chi connectivity index (χ0v) is 14.8. The fraction of sp³-hybridized carbons (Fsp3) is 0.529. The Morgan fingerprint density at radius 2 is 1.92 bits per heavy atom. The molecule has 0 saturated heterocycles. The number of carbonyl (C=O) groups excluding carboxylic acids is 1. The Hall–Kier alpha value is -2.07. The number of hydrogen-bond donors (Lipinski definition) is 1. The molecule has 1 N–H and O–H groups in total. The van der Waals surface area contributed by atoms with Crippen LogP contribution in [0.25, 0.3) is 0 Å². The highest BCUT2D eigenvalue weighted by atomic mass is 32.2. The van der Waals surface area contributed by atoms with E-state index in [0.717, 1.165) is 29.8 Å². The smallest absolute Gasteiger partial charge is 0.241 e. The van der Waals surface area contributed by atoms with Gasteiger partial charge >= 0.3 is 0 Å². The van der Waals surface area contributed by atoms with Gasteiger partial charge in [0.2, 0.25) is 15.9 Å². The topological polar surface area (TPSA) is 90.3 Å². The average molecular weight is 349 g/mol. The molecule has 0 spiro atoms. The second kappa shape index (κ2) is 7.67. The molecule has 2 unspecified atom stereocenters. The van der Waals surface area contributed by atoms with Gasteiger partial charge in [-0.3, -0.25) is 9.10 Å². The number of nitriles is 1. The SMILES string of the molecule is CC1CCCCC1NC(=O)CN(c1ccc(C#N)cc1)S(C)(=O)=O. The summed E-state index contributed by atoms with van der Waals surface area (Å²) in [5.74, 6) is 0.104. The molecule has 0 aromatic heterocycles. The van der Waals surface area contributed by atoms with Crippen molar-refractivity contribution < 1.29 is 13.2 Å². The fourth-order valence-corrected chi connectivity index (χ4v) is 3.87. The molecule has 0 radical (unpaired) electrons. The maximum Gasteiger partial charge on any atom is 0.241 e. The summed E-state index contributed by atoms with van der Waals surface area (Å²) in [7, 11) is -3.60. The second-order valence-corrected chi connectivity index (χ2v) is 8.27. The molecule has 1 aliphatic rings. The fourth-order valence-electron chi connectivity index (χ4n) is 3.02. The first-order valence-electron chi connectivity index (χ1n) is 8.08. The maximum absolute atomic E-state index is 12.3. The average Bonchev–Trinajstić information content (AvgIpc) is 2.54. The van der Waals surface area contributed by atoms with Crippen LogP contribution in [-0.2, 0) is 14.8 Å². The zero-order chi connectivity index (χ0) is 17.7. The maximum atomic E-state index is 12.3. The van der Waals surface area contributed by atoms with Crippen molar-refractivity contribution in [1.29, 1.82) is 5.26 Å². The largest absolute Gasteiger partial charge is 0.352 e. The van der Waals surface area contributed by atoms with Gasteiger partial charge in [0.05, 0.1) is 23.6 Å². The predicted octanol–water partition coefficient (Wildman–Crippen LogP) is 2.02. The molecule has 2 atom stereocenters. The van der Waals surface area contributed by atoms with Crippen molar-refractivity contribution >= 4 is 21.6 Å². The van der Waals surface area contributed by atoms with Gasteiger partial charge in [-0.15, -0.1) is 0 Å². The van der Waals surface area contributed by atoms with Crippen LogP contribution >= 0.6 is 0 Å². The molecule has 6 nitrogen and oxygen atoms in total. The first-order valence-corrected chi connectivity index (χ1v) is 9.93. The van der Waals surface area contributed by atoms with E-state index in [1.807, 2.05) is 6.07 Å². The lowest BCUT2D eigenvalue weighted by Crippen LogP contribution is -2.47. The summed E-state index contributed by atoms with van der Waals surface area (Å²) in [5, 5.41) is 11.8. The number of sulfonamides is 1. The van der Waals surface area contributed by atoms with Gasteiger partial charge in [0, 0.05) is 6.04 Å². The van der Waals surface area contributed by atoms with Gasteiger partial charge in [0.1, 0.15) is 6.54 Å². The van der Waals surface area contributed by atoms with E-state index in [9.17, 15) is 13.2 Å². The summed E-state index contributed by atoms with van der Waals surface area (Å²) >= 11 is 0. The molecule has 0 heterocycles. The van der Waals surface area contributed by atoms with E-state index < -0.39 is 10.0 Å². The van der Waals surface area contributed by atoms with Crippen molar-refractivity contribution in [1.82, 2.24) is 5.32 Å². The highest BCUT2D eigenvalue weighted by Crippen LogP contribution is 2.24. The lowest BCUT2D eigenvalue weighted by molar-refractivity contribution is -0.120. The third-order valence-electron chi connectivity index (χ3n) is 4.43. The van der Waals surface area contributed by atoms with Crippen LogP contribution in [0.4, 0.5) is 5.69 Å². The highest BCUT2D eigenvalue weighted by Gasteiger charge is 2.26. The number of rotatable bonds is 5. The summed E-state index contributed by atoms with van der Waals surface area (Å²) < 4.78 is 25.2. The van der Waals surface area contributed by atoms with Gasteiger partial charge < -0.3 is 5.32 Å². The molecule has 1 aromatic rings. The molecule has 1 aromatic carbocycles. The summed E-state index contributed by atoms with van der Waals surface area (Å²) in [4.78, 5) is 12.3. The molecule has 1 saturated carbocycles. The predicted molar refractivity (Wildman–Crippen MR) is 92.9 cm³/mol. The Labute approximate surface area is 143 Å². The van der Waals surface area contributed by atoms with E-state index in [2.05, 4.69) is 12.2 Å². The van der Waals surface area contributed by atoms with Gasteiger partial charge in [-0.05, 0) is 43.0 Å². The number of anilines is 1. The number of nitrogens with one attached hydrogen (secondary N) is 1. The van der Waals surface area contributed by atoms with Crippen LogP contribution in [0, 0.1) is 17.2 Å². The van der Waals surface area contributed by atoms with E-state index in [1.165, 1.54) is 30.7 Å². The number of benzene rings is 1. The van der Waals surface area contributed by atoms with Crippen molar-refractivity contribution in [2.24, 2.45) is 5.92 Å². The van der Waals surface area contributed by atoms with E-state index >= 15 is 0 Å². The minimum Gasteiger partial charge on any atom is -0.352 e. The van der Waals surface area contributed by atoms with Crippen molar-refractivity contribution in [2.75, 3.05) is 17.1 Å². The van der Waals surface area contributed by atoms with E-state index in [0.29, 0.717) is 17.2 Å². The van der Waals surface area contributed by atoms with Gasteiger partial charge in [0.25, 0.3) is 0 Å². The molecule has 2 rings (SSSR count). The van der Waals surface area contributed by atoms with Crippen molar-refractivity contribution in [3.05, 3.63) is 29.8 Å². The monoisotopic (exact) mass is 349 g/mol. The summed E-state index contributed by atoms with van der Waals surface area (Å²) in [6, 6.07) is 8.24. The Kier molecular flexibility index (Phi) is 5.84. The van der Waals surface area contributed by atoms with Crippen LogP contribution in [0.3, 0.4) is 0 Å². The molecule has 0 bridgehead atoms. The quantitative estimate of drug-likeness (QED) is 0.880. The lowest BCUT2D eigenvalue weighted by Gasteiger charge is -2.30. The van der Waals surface area contributed by atoms with Crippen molar-refractivity contribution in [3.8, 4) is 6.07 Å². The third kappa shape index (κ3) is 4.71. The number of carbonyl (C=O) groups is 1. The molecular weight excluding hydrogens is 326 g/mol. The summed E-state index contributed by atoms with van der Waals surface area (Å²) in [6.45, 7) is 1.85. The van der Waals surface area contributed by atoms with Gasteiger partial charge in [-0.25, -0.2) is 8.42 Å². The van der Waals surface area contributed by atoms with Crippen molar-refractivity contribution in [3.63, 3.8) is 0 Å². The minimum atomic E-state index is -3.60. The molecule has 24 heavy (non-hydrogen) atoms. The van der Waals surface area contributed by atoms with Crippen LogP contribution in [0.15, 0.2) is 24.3 Å². The third-order valence-corrected chi connectivity index (χ3v) is 5.57. The van der Waals surface area contributed by atoms with Crippen LogP contribution in [0.5, 0.6) is 0 Å². The molecule has 0 aliphatic heterocycles. The Balaban J connectivity index is 2.11. The lowest BCUT2D eigenvalue weighted by atomic mass is 9.86. The molecular formula is C17H23N3O3S. The number of hydrogen-bond acceptors (Lipinski definition) is 4. The molecule has 1 amide bonds. The first-order chi connectivity index (χ1) is 11.3. The summed E-state index contributed by atoms with van der Waals surface area (Å²) in [6.07, 6.45) is 5.34. The Morgan fingerprint density at radius 1 is 1.29 bits per heavy atom. The van der Waals surface area contributed by atoms with E-state index in [1.54, 1.807) is 0 Å². The summed E-state index contributed by atoms with van der Waals surface area (Å²) in [5.41, 5.74) is 0.816. The van der Waals surface area contributed by atoms with Gasteiger partial charge in [0.15, 0.2) is 0 Å². The van der Waals surface area contributed by atoms with Gasteiger partial charge in [-0.2, -0.15) is 5.26 Å². The highest BCUT2D eigenvalue weighted by molar-refractivity contribution is 7.92. The second-order valence-electron chi connectivity index (χ2n) is 6.36. The number of nitrogens with zero attached hydrogens (tertiary/aromatic N) is 2. The molecule has 7 heteroatoms. The standard InChI is InChI=1S/C17H23N3O3S/c1-13-5-3-4-6-16(13)19-17(21)12-20(24(2,22)23)15-9-7-14(11-18)8-10-15/h7-10,13,16H,3-6,12H2,1-2H3,(H,19,21). The van der Waals surface area contributed by atoms with Crippen LogP contribution in [0.1, 0.15) is 38.2 Å². The Morgan fingerprint density at radius 3 is 2.46 bits per heavy atom. The van der Waals surface area contributed by atoms with Crippen molar-refractivity contribution in [2.45, 2.75) is 38.6 Å². The van der Waals surface area contributed by atoms with E-state index in [4.69, 9.17) is 5.26 Å². The molecule has 1 fully saturated rings. The normalized spacial score (nSPS) is 20.9. The molecule has 130 valence electrons. The number of amides is 1.